The second kappa shape index (κ2) is 16.3. The number of aliphatic hydroxyl groups is 2. The third-order valence-electron chi connectivity index (χ3n) is 4.32. The zero-order valence-electron chi connectivity index (χ0n) is 14.7. The summed E-state index contributed by atoms with van der Waals surface area (Å²) in [6, 6.07) is 0. The molecule has 0 rings (SSSR count). The van der Waals surface area contributed by atoms with E-state index in [1.807, 2.05) is 0 Å². The summed E-state index contributed by atoms with van der Waals surface area (Å²) in [6.45, 7) is 4.27. The first-order valence-electron chi connectivity index (χ1n) is 9.56. The molecule has 128 valence electrons. The summed E-state index contributed by atoms with van der Waals surface area (Å²) in [4.78, 5) is 0. The summed E-state index contributed by atoms with van der Waals surface area (Å²) < 4.78 is 0. The lowest BCUT2D eigenvalue weighted by Gasteiger charge is -2.09. The zero-order valence-corrected chi connectivity index (χ0v) is 14.7. The van der Waals surface area contributed by atoms with Crippen LogP contribution in [0, 0.1) is 0 Å². The van der Waals surface area contributed by atoms with Gasteiger partial charge in [0.15, 0.2) is 0 Å². The Hall–Kier alpha value is -0.0800. The van der Waals surface area contributed by atoms with E-state index in [0.29, 0.717) is 0 Å². The minimum atomic E-state index is -0.0574. The van der Waals surface area contributed by atoms with Gasteiger partial charge in [-0.1, -0.05) is 84.5 Å². The summed E-state index contributed by atoms with van der Waals surface area (Å²) in [6.07, 6.45) is 17.6. The van der Waals surface area contributed by atoms with E-state index in [-0.39, 0.29) is 12.2 Å². The van der Waals surface area contributed by atoms with Crippen LogP contribution in [0.2, 0.25) is 0 Å². The van der Waals surface area contributed by atoms with Crippen LogP contribution in [0.15, 0.2) is 0 Å². The first-order chi connectivity index (χ1) is 10.2. The minimum Gasteiger partial charge on any atom is -0.393 e. The molecule has 0 fully saturated rings. The fourth-order valence-corrected chi connectivity index (χ4v) is 2.95. The molecule has 0 aromatic heterocycles. The highest BCUT2D eigenvalue weighted by atomic mass is 16.3. The van der Waals surface area contributed by atoms with Crippen LogP contribution >= 0.6 is 0 Å². The molecule has 0 aliphatic carbocycles. The van der Waals surface area contributed by atoms with Crippen molar-refractivity contribution in [2.45, 2.75) is 122 Å². The van der Waals surface area contributed by atoms with Crippen LogP contribution in [-0.2, 0) is 0 Å². The van der Waals surface area contributed by atoms with Crippen molar-refractivity contribution in [3.63, 3.8) is 0 Å². The summed E-state index contributed by atoms with van der Waals surface area (Å²) in [5, 5.41) is 19.3. The monoisotopic (exact) mass is 300 g/mol. The van der Waals surface area contributed by atoms with Gasteiger partial charge in [0.05, 0.1) is 12.2 Å². The molecular formula is C19H40O2. The van der Waals surface area contributed by atoms with E-state index in [1.165, 1.54) is 57.8 Å². The van der Waals surface area contributed by atoms with Gasteiger partial charge in [-0.3, -0.25) is 0 Å². The summed E-state index contributed by atoms with van der Waals surface area (Å²) in [5.74, 6) is 0. The van der Waals surface area contributed by atoms with Crippen LogP contribution in [0.25, 0.3) is 0 Å². The molecule has 0 saturated heterocycles. The second-order valence-corrected chi connectivity index (χ2v) is 6.64. The largest absolute Gasteiger partial charge is 0.393 e. The number of hydrogen-bond donors (Lipinski definition) is 2. The third kappa shape index (κ3) is 16.1. The lowest BCUT2D eigenvalue weighted by atomic mass is 10.0. The smallest absolute Gasteiger partial charge is 0.0540 e. The van der Waals surface area contributed by atoms with Crippen molar-refractivity contribution in [3.8, 4) is 0 Å². The zero-order chi connectivity index (χ0) is 15.8. The van der Waals surface area contributed by atoms with Crippen LogP contribution in [0.4, 0.5) is 0 Å². The van der Waals surface area contributed by atoms with Crippen molar-refractivity contribution >= 4 is 0 Å². The predicted molar refractivity (Wildman–Crippen MR) is 92.6 cm³/mol. The molecule has 2 atom stereocenters. The van der Waals surface area contributed by atoms with Crippen LogP contribution < -0.4 is 0 Å². The maximum absolute atomic E-state index is 9.63. The fraction of sp³-hybridized carbons (Fsp3) is 1.00. The molecule has 0 aromatic carbocycles. The maximum Gasteiger partial charge on any atom is 0.0540 e. The van der Waals surface area contributed by atoms with Gasteiger partial charge >= 0.3 is 0 Å². The Morgan fingerprint density at radius 2 is 0.762 bits per heavy atom. The van der Waals surface area contributed by atoms with E-state index in [2.05, 4.69) is 13.8 Å². The quantitative estimate of drug-likeness (QED) is 0.364. The van der Waals surface area contributed by atoms with Gasteiger partial charge in [-0.2, -0.15) is 0 Å². The molecule has 0 amide bonds. The van der Waals surface area contributed by atoms with Crippen LogP contribution in [0.3, 0.4) is 0 Å². The van der Waals surface area contributed by atoms with E-state index < -0.39 is 0 Å². The molecule has 2 nitrogen and oxygen atoms in total. The highest BCUT2D eigenvalue weighted by Gasteiger charge is 2.02. The molecule has 21 heavy (non-hydrogen) atoms. The molecule has 0 heterocycles. The molecule has 0 aliphatic rings. The standard InChI is InChI=1S/C19H40O2/c1-3-14-18(20)16-12-10-8-6-5-7-9-11-13-17-19(21)15-4-2/h18-21H,3-17H2,1-2H3. The van der Waals surface area contributed by atoms with Crippen LogP contribution in [0.1, 0.15) is 110 Å². The summed E-state index contributed by atoms with van der Waals surface area (Å²) in [7, 11) is 0. The van der Waals surface area contributed by atoms with Gasteiger partial charge in [-0.05, 0) is 25.7 Å². The molecule has 0 aromatic rings. The van der Waals surface area contributed by atoms with Gasteiger partial charge in [0.1, 0.15) is 0 Å². The molecule has 0 aliphatic heterocycles. The SMILES string of the molecule is CCCC(O)CCCCCCCCCCCC(O)CCC. The predicted octanol–water partition coefficient (Wildman–Crippen LogP) is 5.60. The van der Waals surface area contributed by atoms with Crippen molar-refractivity contribution in [1.82, 2.24) is 0 Å². The van der Waals surface area contributed by atoms with Crippen LogP contribution in [-0.4, -0.2) is 22.4 Å². The van der Waals surface area contributed by atoms with E-state index in [0.717, 1.165) is 38.5 Å². The van der Waals surface area contributed by atoms with Crippen molar-refractivity contribution < 1.29 is 10.2 Å². The van der Waals surface area contributed by atoms with Gasteiger partial charge in [0, 0.05) is 0 Å². The minimum absolute atomic E-state index is 0.0574. The molecule has 0 radical (unpaired) electrons. The molecule has 0 bridgehead atoms. The molecule has 2 unspecified atom stereocenters. The topological polar surface area (TPSA) is 40.5 Å². The Balaban J connectivity index is 3.09. The fourth-order valence-electron chi connectivity index (χ4n) is 2.95. The van der Waals surface area contributed by atoms with Gasteiger partial charge in [-0.25, -0.2) is 0 Å². The molecule has 0 saturated carbocycles. The third-order valence-corrected chi connectivity index (χ3v) is 4.32. The van der Waals surface area contributed by atoms with E-state index in [9.17, 15) is 10.2 Å². The Kier molecular flexibility index (Phi) is 16.2. The van der Waals surface area contributed by atoms with Crippen molar-refractivity contribution in [1.29, 1.82) is 0 Å². The lowest BCUT2D eigenvalue weighted by molar-refractivity contribution is 0.150. The lowest BCUT2D eigenvalue weighted by Crippen LogP contribution is -2.05. The Morgan fingerprint density at radius 1 is 0.476 bits per heavy atom. The second-order valence-electron chi connectivity index (χ2n) is 6.64. The van der Waals surface area contributed by atoms with Gasteiger partial charge in [0.25, 0.3) is 0 Å². The van der Waals surface area contributed by atoms with Crippen molar-refractivity contribution in [2.24, 2.45) is 0 Å². The van der Waals surface area contributed by atoms with Gasteiger partial charge in [-0.15, -0.1) is 0 Å². The Labute approximate surface area is 133 Å². The Morgan fingerprint density at radius 3 is 1.05 bits per heavy atom. The number of unbranched alkanes of at least 4 members (excludes halogenated alkanes) is 8. The Bertz CT molecular complexity index is 174. The summed E-state index contributed by atoms with van der Waals surface area (Å²) >= 11 is 0. The summed E-state index contributed by atoms with van der Waals surface area (Å²) in [5.41, 5.74) is 0. The highest BCUT2D eigenvalue weighted by Crippen LogP contribution is 2.14. The average molecular weight is 301 g/mol. The van der Waals surface area contributed by atoms with E-state index in [1.54, 1.807) is 0 Å². The highest BCUT2D eigenvalue weighted by molar-refractivity contribution is 4.56. The van der Waals surface area contributed by atoms with E-state index >= 15 is 0 Å². The van der Waals surface area contributed by atoms with Crippen molar-refractivity contribution in [3.05, 3.63) is 0 Å². The van der Waals surface area contributed by atoms with Crippen LogP contribution in [0.5, 0.6) is 0 Å². The molecule has 2 heteroatoms. The number of rotatable bonds is 16. The average Bonchev–Trinajstić information content (AvgIpc) is 2.45. The molecular weight excluding hydrogens is 260 g/mol. The van der Waals surface area contributed by atoms with Crippen molar-refractivity contribution in [2.75, 3.05) is 0 Å². The number of hydrogen-bond acceptors (Lipinski definition) is 2. The maximum atomic E-state index is 9.63. The van der Waals surface area contributed by atoms with Gasteiger partial charge < -0.3 is 10.2 Å². The van der Waals surface area contributed by atoms with Gasteiger partial charge in [0.2, 0.25) is 0 Å². The van der Waals surface area contributed by atoms with E-state index in [4.69, 9.17) is 0 Å². The molecule has 0 spiro atoms. The molecule has 2 N–H and O–H groups in total. The number of aliphatic hydroxyl groups excluding tert-OH is 2. The normalized spacial score (nSPS) is 14.3. The first-order valence-corrected chi connectivity index (χ1v) is 9.56. The first kappa shape index (κ1) is 20.9.